The van der Waals surface area contributed by atoms with Gasteiger partial charge in [-0.05, 0) is 74.4 Å². The third-order valence-electron chi connectivity index (χ3n) is 5.62. The highest BCUT2D eigenvalue weighted by Gasteiger charge is 2.15. The van der Waals surface area contributed by atoms with Crippen LogP contribution < -0.4 is 10.9 Å². The van der Waals surface area contributed by atoms with Crippen molar-refractivity contribution >= 4 is 33.9 Å². The van der Waals surface area contributed by atoms with Gasteiger partial charge in [-0.1, -0.05) is 43.7 Å². The summed E-state index contributed by atoms with van der Waals surface area (Å²) in [5.41, 5.74) is 4.77. The van der Waals surface area contributed by atoms with Crippen molar-refractivity contribution in [1.82, 2.24) is 14.8 Å². The maximum absolute atomic E-state index is 12.9. The zero-order chi connectivity index (χ0) is 22.4. The van der Waals surface area contributed by atoms with Gasteiger partial charge in [0.05, 0.1) is 12.1 Å². The molecule has 0 bridgehead atoms. The van der Waals surface area contributed by atoms with E-state index < -0.39 is 0 Å². The van der Waals surface area contributed by atoms with Crippen molar-refractivity contribution in [3.05, 3.63) is 75.6 Å². The van der Waals surface area contributed by atoms with Gasteiger partial charge in [-0.25, -0.2) is 0 Å². The number of aromatic nitrogens is 1. The number of nitrogens with one attached hydrogen (secondary N) is 2. The van der Waals surface area contributed by atoms with E-state index in [1.54, 1.807) is 0 Å². The van der Waals surface area contributed by atoms with Crippen molar-refractivity contribution in [3.8, 4) is 0 Å². The van der Waals surface area contributed by atoms with Gasteiger partial charge in [0.25, 0.3) is 5.56 Å². The number of benzene rings is 2. The van der Waals surface area contributed by atoms with Crippen LogP contribution in [0.2, 0.25) is 0 Å². The summed E-state index contributed by atoms with van der Waals surface area (Å²) in [6.07, 6.45) is 0. The van der Waals surface area contributed by atoms with Crippen LogP contribution in [0.1, 0.15) is 30.5 Å². The molecule has 0 fully saturated rings. The van der Waals surface area contributed by atoms with E-state index in [-0.39, 0.29) is 5.56 Å². The van der Waals surface area contributed by atoms with E-state index in [1.165, 1.54) is 5.56 Å². The molecular formula is C25H32N4OS. The predicted octanol–water partition coefficient (Wildman–Crippen LogP) is 4.69. The smallest absolute Gasteiger partial charge is 0.253 e. The van der Waals surface area contributed by atoms with Gasteiger partial charge in [-0.15, -0.1) is 0 Å². The first kappa shape index (κ1) is 23.0. The van der Waals surface area contributed by atoms with Crippen molar-refractivity contribution in [1.29, 1.82) is 0 Å². The van der Waals surface area contributed by atoms with Gasteiger partial charge in [-0.2, -0.15) is 0 Å². The molecule has 6 heteroatoms. The molecule has 0 amide bonds. The van der Waals surface area contributed by atoms with Gasteiger partial charge in [-0.3, -0.25) is 4.79 Å². The molecule has 0 unspecified atom stereocenters. The highest BCUT2D eigenvalue weighted by Crippen LogP contribution is 2.19. The van der Waals surface area contributed by atoms with Crippen LogP contribution in [0.15, 0.2) is 53.3 Å². The Kier molecular flexibility index (Phi) is 7.82. The molecule has 0 radical (unpaired) electrons. The van der Waals surface area contributed by atoms with Crippen LogP contribution in [-0.2, 0) is 6.54 Å². The summed E-state index contributed by atoms with van der Waals surface area (Å²) in [6.45, 7) is 12.5. The van der Waals surface area contributed by atoms with Crippen molar-refractivity contribution in [3.63, 3.8) is 0 Å². The van der Waals surface area contributed by atoms with Crippen molar-refractivity contribution < 1.29 is 0 Å². The Morgan fingerprint density at radius 2 is 1.74 bits per heavy atom. The molecule has 0 atom stereocenters. The SMILES string of the molecule is CCN(CC)CCN(Cc1cc2cc(C)cc(C)c2[nH]c1=O)C(=S)Nc1ccccc1. The van der Waals surface area contributed by atoms with E-state index in [1.807, 2.05) is 43.3 Å². The van der Waals surface area contributed by atoms with Crippen LogP contribution in [0.25, 0.3) is 10.9 Å². The minimum Gasteiger partial charge on any atom is -0.343 e. The van der Waals surface area contributed by atoms with Gasteiger partial charge in [0, 0.05) is 24.3 Å². The summed E-state index contributed by atoms with van der Waals surface area (Å²) in [6, 6.07) is 16.1. The molecule has 0 aliphatic heterocycles. The van der Waals surface area contributed by atoms with E-state index in [9.17, 15) is 4.79 Å². The lowest BCUT2D eigenvalue weighted by Crippen LogP contribution is -2.41. The number of rotatable bonds is 8. The Morgan fingerprint density at radius 1 is 1.03 bits per heavy atom. The number of para-hydroxylation sites is 1. The highest BCUT2D eigenvalue weighted by molar-refractivity contribution is 7.80. The summed E-state index contributed by atoms with van der Waals surface area (Å²) in [5.74, 6) is 0. The first-order valence-corrected chi connectivity index (χ1v) is 11.3. The topological polar surface area (TPSA) is 51.4 Å². The summed E-state index contributed by atoms with van der Waals surface area (Å²) < 4.78 is 0. The maximum Gasteiger partial charge on any atom is 0.253 e. The van der Waals surface area contributed by atoms with Crippen molar-refractivity contribution in [2.75, 3.05) is 31.5 Å². The fraction of sp³-hybridized carbons (Fsp3) is 0.360. The minimum absolute atomic E-state index is 0.0604. The number of nitrogens with zero attached hydrogens (tertiary/aromatic N) is 2. The fourth-order valence-electron chi connectivity index (χ4n) is 3.83. The summed E-state index contributed by atoms with van der Waals surface area (Å²) in [5, 5.41) is 5.00. The standard InChI is InChI=1S/C25H32N4OS/c1-5-28(6-2)12-13-29(25(31)26-22-10-8-7-9-11-22)17-21-16-20-15-18(3)14-19(4)23(20)27-24(21)30/h7-11,14-16H,5-6,12-13,17H2,1-4H3,(H,26,31)(H,27,30). The largest absolute Gasteiger partial charge is 0.343 e. The number of hydrogen-bond donors (Lipinski definition) is 2. The number of hydrogen-bond acceptors (Lipinski definition) is 3. The molecule has 2 N–H and O–H groups in total. The second-order valence-electron chi connectivity index (χ2n) is 7.91. The first-order chi connectivity index (χ1) is 14.9. The van der Waals surface area contributed by atoms with Crippen LogP contribution in [-0.4, -0.2) is 46.1 Å². The van der Waals surface area contributed by atoms with E-state index in [0.29, 0.717) is 17.2 Å². The van der Waals surface area contributed by atoms with Crippen LogP contribution in [0.3, 0.4) is 0 Å². The number of anilines is 1. The quantitative estimate of drug-likeness (QED) is 0.502. The third kappa shape index (κ3) is 5.93. The molecule has 2 aromatic carbocycles. The molecular weight excluding hydrogens is 404 g/mol. The number of H-pyrrole nitrogens is 1. The van der Waals surface area contributed by atoms with Crippen molar-refractivity contribution in [2.24, 2.45) is 0 Å². The normalized spacial score (nSPS) is 11.1. The predicted molar refractivity (Wildman–Crippen MR) is 135 cm³/mol. The van der Waals surface area contributed by atoms with Crippen molar-refractivity contribution in [2.45, 2.75) is 34.2 Å². The van der Waals surface area contributed by atoms with Gasteiger partial charge in [0.15, 0.2) is 5.11 Å². The van der Waals surface area contributed by atoms with E-state index >= 15 is 0 Å². The average molecular weight is 437 g/mol. The molecule has 0 aliphatic carbocycles. The molecule has 3 aromatic rings. The number of likely N-dealkylation sites (N-methyl/N-ethyl adjacent to an activating group) is 1. The van der Waals surface area contributed by atoms with Gasteiger partial charge >= 0.3 is 0 Å². The number of thiocarbonyl (C=S) groups is 1. The Morgan fingerprint density at radius 3 is 2.42 bits per heavy atom. The monoisotopic (exact) mass is 436 g/mol. The first-order valence-electron chi connectivity index (χ1n) is 10.9. The Bertz CT molecular complexity index is 1090. The number of aromatic amines is 1. The van der Waals surface area contributed by atoms with E-state index in [4.69, 9.17) is 12.2 Å². The number of pyridine rings is 1. The van der Waals surface area contributed by atoms with Crippen LogP contribution in [0.4, 0.5) is 5.69 Å². The molecule has 31 heavy (non-hydrogen) atoms. The molecule has 1 heterocycles. The average Bonchev–Trinajstić information content (AvgIpc) is 2.75. The summed E-state index contributed by atoms with van der Waals surface area (Å²) >= 11 is 5.75. The second-order valence-corrected chi connectivity index (χ2v) is 8.30. The van der Waals surface area contributed by atoms with E-state index in [2.05, 4.69) is 53.0 Å². The Balaban J connectivity index is 1.88. The molecule has 3 rings (SSSR count). The van der Waals surface area contributed by atoms with Crippen LogP contribution in [0.5, 0.6) is 0 Å². The second kappa shape index (κ2) is 10.6. The van der Waals surface area contributed by atoms with Gasteiger partial charge in [0.1, 0.15) is 0 Å². The lowest BCUT2D eigenvalue weighted by Gasteiger charge is -2.29. The lowest BCUT2D eigenvalue weighted by atomic mass is 10.1. The summed E-state index contributed by atoms with van der Waals surface area (Å²) in [7, 11) is 0. The third-order valence-corrected chi connectivity index (χ3v) is 5.98. The molecule has 0 aliphatic rings. The molecule has 0 saturated heterocycles. The highest BCUT2D eigenvalue weighted by atomic mass is 32.1. The molecule has 0 spiro atoms. The van der Waals surface area contributed by atoms with Crippen LogP contribution in [0, 0.1) is 13.8 Å². The summed E-state index contributed by atoms with van der Waals surface area (Å²) in [4.78, 5) is 20.4. The molecule has 5 nitrogen and oxygen atoms in total. The van der Waals surface area contributed by atoms with Crippen LogP contribution >= 0.6 is 12.2 Å². The maximum atomic E-state index is 12.9. The number of aryl methyl sites for hydroxylation is 2. The Labute approximate surface area is 190 Å². The molecule has 1 aromatic heterocycles. The zero-order valence-electron chi connectivity index (χ0n) is 18.9. The minimum atomic E-state index is -0.0604. The lowest BCUT2D eigenvalue weighted by molar-refractivity contribution is 0.266. The number of fused-ring (bicyclic) bond motifs is 1. The fourth-order valence-corrected chi connectivity index (χ4v) is 4.11. The van der Waals surface area contributed by atoms with E-state index in [0.717, 1.165) is 48.3 Å². The Hall–Kier alpha value is -2.70. The molecule has 164 valence electrons. The van der Waals surface area contributed by atoms with Gasteiger partial charge < -0.3 is 20.1 Å². The van der Waals surface area contributed by atoms with Gasteiger partial charge in [0.2, 0.25) is 0 Å². The molecule has 0 saturated carbocycles. The zero-order valence-corrected chi connectivity index (χ0v) is 19.7.